The first-order valence-corrected chi connectivity index (χ1v) is 15.1. The molecule has 0 saturated carbocycles. The summed E-state index contributed by atoms with van der Waals surface area (Å²) >= 11 is 0. The molecular weight excluding hydrogens is 504 g/mol. The van der Waals surface area contributed by atoms with E-state index in [4.69, 9.17) is 24.1 Å². The second-order valence-electron chi connectivity index (χ2n) is 7.06. The molecule has 1 N–H and O–H groups in total. The molecule has 0 unspecified atom stereocenters. The van der Waals surface area contributed by atoms with Gasteiger partial charge in [0.05, 0.1) is 78.6 Å². The Morgan fingerprint density at radius 1 is 0.758 bits per heavy atom. The highest BCUT2D eigenvalue weighted by Gasteiger charge is 2.10. The van der Waals surface area contributed by atoms with E-state index in [0.717, 1.165) is 78.2 Å². The molecule has 0 radical (unpaired) electrons. The molecule has 2 heterocycles. The van der Waals surface area contributed by atoms with Crippen molar-refractivity contribution < 1.29 is 45.1 Å². The third-order valence-electron chi connectivity index (χ3n) is 4.07. The SMILES string of the molecule is CS(=O)(=O)Cl.CS(=O)(=O)OCCOCCN1CCOCC1.OCCOCCN1CCOCC1. The highest BCUT2D eigenvalue weighted by molar-refractivity contribution is 8.13. The number of rotatable bonds is 12. The monoisotopic (exact) mass is 542 g/mol. The fourth-order valence-corrected chi connectivity index (χ4v) is 2.92. The molecule has 0 atom stereocenters. The second kappa shape index (κ2) is 20.1. The zero-order chi connectivity index (χ0) is 25.0. The van der Waals surface area contributed by atoms with Crippen molar-refractivity contribution in [2.45, 2.75) is 0 Å². The summed E-state index contributed by atoms with van der Waals surface area (Å²) in [7, 11) is -2.03. The molecule has 0 aromatic rings. The van der Waals surface area contributed by atoms with Crippen molar-refractivity contribution in [3.8, 4) is 0 Å². The van der Waals surface area contributed by atoms with Crippen LogP contribution in [0.2, 0.25) is 0 Å². The van der Waals surface area contributed by atoms with Gasteiger partial charge in [0.15, 0.2) is 0 Å². The summed E-state index contributed by atoms with van der Waals surface area (Å²) in [6.45, 7) is 11.1. The number of ether oxygens (including phenoxy) is 4. The van der Waals surface area contributed by atoms with Crippen molar-refractivity contribution in [1.29, 1.82) is 0 Å². The van der Waals surface area contributed by atoms with Crippen LogP contribution < -0.4 is 0 Å². The van der Waals surface area contributed by atoms with Crippen molar-refractivity contribution in [2.75, 3.05) is 118 Å². The molecule has 2 saturated heterocycles. The third kappa shape index (κ3) is 28.0. The average Bonchev–Trinajstić information content (AvgIpc) is 2.74. The van der Waals surface area contributed by atoms with Gasteiger partial charge < -0.3 is 24.1 Å². The minimum Gasteiger partial charge on any atom is -0.394 e. The Morgan fingerprint density at radius 3 is 1.52 bits per heavy atom. The second-order valence-corrected chi connectivity index (χ2v) is 11.8. The minimum absolute atomic E-state index is 0.0853. The molecule has 2 rings (SSSR count). The van der Waals surface area contributed by atoms with Gasteiger partial charge in [-0.2, -0.15) is 8.42 Å². The van der Waals surface area contributed by atoms with Gasteiger partial charge in [-0.3, -0.25) is 14.0 Å². The van der Waals surface area contributed by atoms with E-state index in [-0.39, 0.29) is 13.2 Å². The Hall–Kier alpha value is -0.130. The number of morpholine rings is 2. The lowest BCUT2D eigenvalue weighted by Gasteiger charge is -2.26. The number of halogens is 1. The summed E-state index contributed by atoms with van der Waals surface area (Å²) in [6.07, 6.45) is 1.95. The molecule has 2 aliphatic heterocycles. The van der Waals surface area contributed by atoms with Gasteiger partial charge in [0, 0.05) is 50.0 Å². The van der Waals surface area contributed by atoms with Crippen LogP contribution in [0.3, 0.4) is 0 Å². The summed E-state index contributed by atoms with van der Waals surface area (Å²) in [4.78, 5) is 4.56. The molecular formula is C18H39ClN2O10S2. The molecule has 2 fully saturated rings. The van der Waals surface area contributed by atoms with Gasteiger partial charge in [-0.25, -0.2) is 8.42 Å². The summed E-state index contributed by atoms with van der Waals surface area (Å²) in [6, 6.07) is 0. The number of nitrogens with zero attached hydrogens (tertiary/aromatic N) is 2. The Kier molecular flexibility index (Phi) is 20.0. The molecule has 15 heteroatoms. The Balaban J connectivity index is 0.000000530. The third-order valence-corrected chi connectivity index (χ3v) is 4.67. The van der Waals surface area contributed by atoms with Crippen molar-refractivity contribution in [2.24, 2.45) is 0 Å². The van der Waals surface area contributed by atoms with E-state index >= 15 is 0 Å². The standard InChI is InChI=1S/C9H19NO5S.C8H17NO3.CH3ClO2S/c1-16(11,12)15-9-8-14-7-4-10-2-5-13-6-3-10;10-4-8-12-7-3-9-1-5-11-6-2-9;1-5(2,3)4/h2-9H2,1H3;10H,1-8H2;1H3. The summed E-state index contributed by atoms with van der Waals surface area (Å²) in [5, 5.41) is 8.44. The van der Waals surface area contributed by atoms with Gasteiger partial charge in [-0.05, 0) is 0 Å². The van der Waals surface area contributed by atoms with Crippen LogP contribution in [0, 0.1) is 0 Å². The zero-order valence-electron chi connectivity index (χ0n) is 19.5. The fourth-order valence-electron chi connectivity index (χ4n) is 2.55. The lowest BCUT2D eigenvalue weighted by molar-refractivity contribution is 0.0159. The van der Waals surface area contributed by atoms with Crippen molar-refractivity contribution in [3.05, 3.63) is 0 Å². The van der Waals surface area contributed by atoms with Gasteiger partial charge in [0.2, 0.25) is 9.05 Å². The smallest absolute Gasteiger partial charge is 0.264 e. The van der Waals surface area contributed by atoms with Crippen LogP contribution in [0.5, 0.6) is 0 Å². The normalized spacial score (nSPS) is 18.1. The number of aliphatic hydroxyl groups excluding tert-OH is 1. The molecule has 200 valence electrons. The van der Waals surface area contributed by atoms with Crippen LogP contribution in [0.1, 0.15) is 0 Å². The zero-order valence-corrected chi connectivity index (χ0v) is 21.9. The van der Waals surface area contributed by atoms with E-state index in [9.17, 15) is 16.8 Å². The first kappa shape index (κ1) is 32.9. The minimum atomic E-state index is -3.34. The Labute approximate surface area is 202 Å². The first-order chi connectivity index (χ1) is 15.5. The van der Waals surface area contributed by atoms with Gasteiger partial charge in [0.25, 0.3) is 10.1 Å². The van der Waals surface area contributed by atoms with Gasteiger partial charge in [0.1, 0.15) is 0 Å². The van der Waals surface area contributed by atoms with Crippen LogP contribution in [0.15, 0.2) is 0 Å². The molecule has 2 aliphatic rings. The van der Waals surface area contributed by atoms with Crippen LogP contribution in [-0.4, -0.2) is 150 Å². The van der Waals surface area contributed by atoms with E-state index in [1.807, 2.05) is 0 Å². The largest absolute Gasteiger partial charge is 0.394 e. The number of hydrogen-bond donors (Lipinski definition) is 1. The lowest BCUT2D eigenvalue weighted by atomic mass is 10.4. The molecule has 0 aromatic heterocycles. The predicted molar refractivity (Wildman–Crippen MR) is 125 cm³/mol. The van der Waals surface area contributed by atoms with E-state index < -0.39 is 19.2 Å². The van der Waals surface area contributed by atoms with Crippen molar-refractivity contribution in [1.82, 2.24) is 9.80 Å². The molecule has 33 heavy (non-hydrogen) atoms. The Morgan fingerprint density at radius 2 is 1.15 bits per heavy atom. The number of hydrogen-bond acceptors (Lipinski definition) is 12. The van der Waals surface area contributed by atoms with Crippen LogP contribution in [0.25, 0.3) is 0 Å². The maximum Gasteiger partial charge on any atom is 0.264 e. The van der Waals surface area contributed by atoms with Gasteiger partial charge >= 0.3 is 0 Å². The fraction of sp³-hybridized carbons (Fsp3) is 1.00. The molecule has 12 nitrogen and oxygen atoms in total. The van der Waals surface area contributed by atoms with Crippen molar-refractivity contribution in [3.63, 3.8) is 0 Å². The van der Waals surface area contributed by atoms with E-state index in [0.29, 0.717) is 26.4 Å². The summed E-state index contributed by atoms with van der Waals surface area (Å²) < 4.78 is 65.4. The van der Waals surface area contributed by atoms with Crippen LogP contribution in [-0.2, 0) is 42.3 Å². The molecule has 0 amide bonds. The summed E-state index contributed by atoms with van der Waals surface area (Å²) in [5.74, 6) is 0. The van der Waals surface area contributed by atoms with Crippen LogP contribution >= 0.6 is 10.7 Å². The number of aliphatic hydroxyl groups is 1. The topological polar surface area (TPSA) is 141 Å². The molecule has 0 aliphatic carbocycles. The molecule has 0 aromatic carbocycles. The van der Waals surface area contributed by atoms with E-state index in [1.165, 1.54) is 0 Å². The maximum absolute atomic E-state index is 10.6. The van der Waals surface area contributed by atoms with Crippen molar-refractivity contribution >= 4 is 29.9 Å². The van der Waals surface area contributed by atoms with Crippen LogP contribution in [0.4, 0.5) is 0 Å². The first-order valence-electron chi connectivity index (χ1n) is 10.6. The van der Waals surface area contributed by atoms with E-state index in [2.05, 4.69) is 24.7 Å². The van der Waals surface area contributed by atoms with E-state index in [1.54, 1.807) is 0 Å². The highest BCUT2D eigenvalue weighted by atomic mass is 35.7. The average molecular weight is 543 g/mol. The quantitative estimate of drug-likeness (QED) is 0.180. The van der Waals surface area contributed by atoms with Gasteiger partial charge in [-0.15, -0.1) is 0 Å². The summed E-state index contributed by atoms with van der Waals surface area (Å²) in [5.41, 5.74) is 0. The maximum atomic E-state index is 10.6. The highest BCUT2D eigenvalue weighted by Crippen LogP contribution is 1.96. The predicted octanol–water partition coefficient (Wildman–Crippen LogP) is -1.18. The molecule has 0 bridgehead atoms. The van der Waals surface area contributed by atoms with Gasteiger partial charge in [-0.1, -0.05) is 0 Å². The molecule has 0 spiro atoms. The lowest BCUT2D eigenvalue weighted by Crippen LogP contribution is -2.38. The Bertz CT molecular complexity index is 647.